The molecule has 6 heteroatoms. The van der Waals surface area contributed by atoms with Crippen molar-refractivity contribution in [2.75, 3.05) is 4.90 Å². The van der Waals surface area contributed by atoms with Crippen molar-refractivity contribution in [1.29, 1.82) is 0 Å². The highest BCUT2D eigenvalue weighted by atomic mass is 79.9. The highest BCUT2D eigenvalue weighted by molar-refractivity contribution is 9.12. The molecule has 3 aliphatic rings. The van der Waals surface area contributed by atoms with Crippen LogP contribution in [0.1, 0.15) is 6.42 Å². The number of alkyl halides is 2. The van der Waals surface area contributed by atoms with Crippen molar-refractivity contribution in [3.63, 3.8) is 0 Å². The van der Waals surface area contributed by atoms with Gasteiger partial charge in [-0.15, -0.1) is 0 Å². The molecule has 21 heavy (non-hydrogen) atoms. The van der Waals surface area contributed by atoms with Crippen molar-refractivity contribution in [2.45, 2.75) is 16.1 Å². The number of benzene rings is 1. The summed E-state index contributed by atoms with van der Waals surface area (Å²) in [6, 6.07) is 6.23. The van der Waals surface area contributed by atoms with Gasteiger partial charge in [-0.2, -0.15) is 0 Å². The number of hydrogen-bond acceptors (Lipinski definition) is 3. The molecule has 4 rings (SSSR count). The smallest absolute Gasteiger partial charge is 0.238 e. The summed E-state index contributed by atoms with van der Waals surface area (Å²) in [6.07, 6.45) is 0.933. The first-order chi connectivity index (χ1) is 10.0. The van der Waals surface area contributed by atoms with Crippen LogP contribution in [0.4, 0.5) is 5.69 Å². The zero-order valence-corrected chi connectivity index (χ0v) is 14.1. The second-order valence-corrected chi connectivity index (χ2v) is 8.15. The van der Waals surface area contributed by atoms with Crippen molar-refractivity contribution < 1.29 is 14.7 Å². The number of amides is 2. The Morgan fingerprint density at radius 1 is 0.952 bits per heavy atom. The first-order valence-corrected chi connectivity index (χ1v) is 8.79. The monoisotopic (exact) mass is 413 g/mol. The molecule has 6 atom stereocenters. The number of hydrogen-bond donors (Lipinski definition) is 1. The first-order valence-electron chi connectivity index (χ1n) is 6.95. The molecule has 110 valence electrons. The minimum Gasteiger partial charge on any atom is -0.508 e. The molecular formula is C15H13Br2NO3. The van der Waals surface area contributed by atoms with Gasteiger partial charge in [-0.25, -0.2) is 0 Å². The number of carbonyl (C=O) groups excluding carboxylic acids is 2. The van der Waals surface area contributed by atoms with Crippen LogP contribution in [0.3, 0.4) is 0 Å². The predicted molar refractivity (Wildman–Crippen MR) is 84.6 cm³/mol. The lowest BCUT2D eigenvalue weighted by molar-refractivity contribution is -0.123. The number of carbonyl (C=O) groups is 2. The molecule has 2 amide bonds. The number of imide groups is 1. The van der Waals surface area contributed by atoms with E-state index in [9.17, 15) is 14.7 Å². The Bertz CT molecular complexity index is 600. The minimum absolute atomic E-state index is 0.0907. The Morgan fingerprint density at radius 2 is 1.43 bits per heavy atom. The average Bonchev–Trinajstić information content (AvgIpc) is 3.06. The van der Waals surface area contributed by atoms with E-state index >= 15 is 0 Å². The van der Waals surface area contributed by atoms with E-state index in [0.717, 1.165) is 6.42 Å². The molecule has 2 saturated carbocycles. The summed E-state index contributed by atoms with van der Waals surface area (Å²) < 4.78 is 0. The van der Waals surface area contributed by atoms with Gasteiger partial charge < -0.3 is 5.11 Å². The Morgan fingerprint density at radius 3 is 1.90 bits per heavy atom. The zero-order valence-electron chi connectivity index (χ0n) is 10.9. The lowest BCUT2D eigenvalue weighted by Gasteiger charge is -2.28. The highest BCUT2D eigenvalue weighted by Gasteiger charge is 2.66. The summed E-state index contributed by atoms with van der Waals surface area (Å²) in [5, 5.41) is 9.36. The summed E-state index contributed by atoms with van der Waals surface area (Å²) in [5.74, 6) is -0.00642. The quantitative estimate of drug-likeness (QED) is 0.567. The molecule has 1 heterocycles. The fourth-order valence-electron chi connectivity index (χ4n) is 4.20. The Labute approximate surface area is 138 Å². The van der Waals surface area contributed by atoms with E-state index < -0.39 is 0 Å². The van der Waals surface area contributed by atoms with Gasteiger partial charge in [0, 0.05) is 9.65 Å². The fourth-order valence-corrected chi connectivity index (χ4v) is 6.08. The van der Waals surface area contributed by atoms with Gasteiger partial charge in [0.25, 0.3) is 0 Å². The minimum atomic E-state index is -0.200. The van der Waals surface area contributed by atoms with Crippen LogP contribution in [0.5, 0.6) is 5.75 Å². The van der Waals surface area contributed by atoms with Gasteiger partial charge in [0.1, 0.15) is 5.75 Å². The third kappa shape index (κ3) is 1.72. The number of halogens is 2. The molecule has 2 bridgehead atoms. The number of nitrogens with zero attached hydrogens (tertiary/aromatic N) is 1. The van der Waals surface area contributed by atoms with E-state index in [0.29, 0.717) is 5.69 Å². The van der Waals surface area contributed by atoms with E-state index in [1.54, 1.807) is 12.1 Å². The van der Waals surface area contributed by atoms with Crippen molar-refractivity contribution in [1.82, 2.24) is 0 Å². The number of aromatic hydroxyl groups is 1. The van der Waals surface area contributed by atoms with E-state index in [2.05, 4.69) is 31.9 Å². The summed E-state index contributed by atoms with van der Waals surface area (Å²) >= 11 is 7.34. The molecule has 4 nitrogen and oxygen atoms in total. The summed E-state index contributed by atoms with van der Waals surface area (Å²) in [4.78, 5) is 27.3. The number of rotatable bonds is 1. The third-order valence-corrected chi connectivity index (χ3v) is 8.30. The number of fused-ring (bicyclic) bond motifs is 5. The SMILES string of the molecule is O=C1[C@@H]2[C@H]3C[C@@H]([C@H](Br)[C@H]3Br)[C@H]2C(=O)N1c1ccc(O)cc1. The van der Waals surface area contributed by atoms with Crippen LogP contribution in [0.25, 0.3) is 0 Å². The standard InChI is InChI=1S/C15H13Br2NO3/c16-12-8-5-9(13(12)17)11-10(8)14(20)18(15(11)21)6-1-3-7(19)4-2-6/h1-4,8-13,19H,5H2/t8-,9-,10-,11-,12+,13+/m1/s1. The molecule has 2 aliphatic carbocycles. The van der Waals surface area contributed by atoms with Gasteiger partial charge >= 0.3 is 0 Å². The van der Waals surface area contributed by atoms with E-state index in [4.69, 9.17) is 0 Å². The van der Waals surface area contributed by atoms with Crippen LogP contribution in [0.2, 0.25) is 0 Å². The second-order valence-electron chi connectivity index (χ2n) is 6.03. The molecule has 1 aromatic carbocycles. The zero-order chi connectivity index (χ0) is 14.9. The highest BCUT2D eigenvalue weighted by Crippen LogP contribution is 2.60. The Balaban J connectivity index is 1.73. The molecular weight excluding hydrogens is 402 g/mol. The molecule has 3 fully saturated rings. The lowest BCUT2D eigenvalue weighted by Crippen LogP contribution is -2.37. The van der Waals surface area contributed by atoms with Crippen LogP contribution in [-0.4, -0.2) is 26.6 Å². The van der Waals surface area contributed by atoms with Gasteiger partial charge in [0.2, 0.25) is 11.8 Å². The average molecular weight is 415 g/mol. The molecule has 1 aromatic rings. The van der Waals surface area contributed by atoms with Crippen LogP contribution >= 0.6 is 31.9 Å². The Hall–Kier alpha value is -0.880. The fraction of sp³-hybridized carbons (Fsp3) is 0.467. The summed E-state index contributed by atoms with van der Waals surface area (Å²) in [6.45, 7) is 0. The maximum atomic E-state index is 12.7. The number of anilines is 1. The summed E-state index contributed by atoms with van der Waals surface area (Å²) in [5.41, 5.74) is 0.550. The largest absolute Gasteiger partial charge is 0.508 e. The summed E-state index contributed by atoms with van der Waals surface area (Å²) in [7, 11) is 0. The van der Waals surface area contributed by atoms with Crippen molar-refractivity contribution in [2.24, 2.45) is 23.7 Å². The van der Waals surface area contributed by atoms with Crippen LogP contribution < -0.4 is 4.90 Å². The van der Waals surface area contributed by atoms with E-state index in [1.807, 2.05) is 0 Å². The molecule has 1 saturated heterocycles. The Kier molecular flexibility index (Phi) is 2.99. The first kappa shape index (κ1) is 13.8. The normalized spacial score (nSPS) is 41.0. The van der Waals surface area contributed by atoms with E-state index in [-0.39, 0.29) is 50.9 Å². The predicted octanol–water partition coefficient (Wildman–Crippen LogP) is 2.67. The van der Waals surface area contributed by atoms with Crippen LogP contribution in [0.15, 0.2) is 24.3 Å². The van der Waals surface area contributed by atoms with Crippen LogP contribution in [0, 0.1) is 23.7 Å². The van der Waals surface area contributed by atoms with Gasteiger partial charge in [0.05, 0.1) is 17.5 Å². The topological polar surface area (TPSA) is 57.6 Å². The molecule has 0 radical (unpaired) electrons. The van der Waals surface area contributed by atoms with Gasteiger partial charge in [-0.3, -0.25) is 14.5 Å². The molecule has 1 N–H and O–H groups in total. The number of phenols is 1. The second kappa shape index (κ2) is 4.56. The van der Waals surface area contributed by atoms with Crippen molar-refractivity contribution in [3.8, 4) is 5.75 Å². The van der Waals surface area contributed by atoms with Gasteiger partial charge in [-0.05, 0) is 42.5 Å². The van der Waals surface area contributed by atoms with Crippen molar-refractivity contribution in [3.05, 3.63) is 24.3 Å². The van der Waals surface area contributed by atoms with Gasteiger partial charge in [-0.1, -0.05) is 31.9 Å². The maximum absolute atomic E-state index is 12.7. The van der Waals surface area contributed by atoms with Gasteiger partial charge in [0.15, 0.2) is 0 Å². The van der Waals surface area contributed by atoms with Crippen LogP contribution in [-0.2, 0) is 9.59 Å². The van der Waals surface area contributed by atoms with E-state index in [1.165, 1.54) is 17.0 Å². The van der Waals surface area contributed by atoms with Crippen molar-refractivity contribution >= 4 is 49.4 Å². The molecule has 0 spiro atoms. The molecule has 0 unspecified atom stereocenters. The molecule has 0 aromatic heterocycles. The molecule has 1 aliphatic heterocycles. The maximum Gasteiger partial charge on any atom is 0.238 e. The lowest BCUT2D eigenvalue weighted by atomic mass is 9.81. The third-order valence-electron chi connectivity index (χ3n) is 5.10. The number of phenolic OH excluding ortho intramolecular Hbond substituents is 1.